The molecular weight excluding hydrogens is 330 g/mol. The van der Waals surface area contributed by atoms with Crippen LogP contribution in [0.5, 0.6) is 0 Å². The number of hydrogen-bond donors (Lipinski definition) is 1. The van der Waals surface area contributed by atoms with Crippen LogP contribution in [-0.2, 0) is 0 Å². The molecule has 1 fully saturated rings. The standard InChI is InChI=1S/C25H31NO/c1-24(2,3)25(27)14-16-26(17-15-25)18-23-21-10-6-4-8-19(21)12-13-20-9-5-7-11-22(20)23/h4-13,23,27H,14-18H2,1-3H3. The van der Waals surface area contributed by atoms with E-state index in [0.717, 1.165) is 32.5 Å². The highest BCUT2D eigenvalue weighted by molar-refractivity contribution is 5.76. The Morgan fingerprint density at radius 3 is 1.85 bits per heavy atom. The van der Waals surface area contributed by atoms with Gasteiger partial charge in [-0.1, -0.05) is 81.5 Å². The Kier molecular flexibility index (Phi) is 4.73. The molecule has 0 atom stereocenters. The predicted octanol–water partition coefficient (Wildman–Crippen LogP) is 5.18. The summed E-state index contributed by atoms with van der Waals surface area (Å²) in [5, 5.41) is 11.1. The van der Waals surface area contributed by atoms with Crippen molar-refractivity contribution in [3.8, 4) is 0 Å². The number of nitrogens with zero attached hydrogens (tertiary/aromatic N) is 1. The Bertz CT molecular complexity index is 788. The Morgan fingerprint density at radius 1 is 0.889 bits per heavy atom. The van der Waals surface area contributed by atoms with Crippen molar-refractivity contribution in [3.05, 3.63) is 70.8 Å². The number of rotatable bonds is 2. The summed E-state index contributed by atoms with van der Waals surface area (Å²) in [4.78, 5) is 2.55. The molecule has 2 nitrogen and oxygen atoms in total. The lowest BCUT2D eigenvalue weighted by atomic mass is 9.71. The van der Waals surface area contributed by atoms with E-state index < -0.39 is 5.60 Å². The van der Waals surface area contributed by atoms with E-state index in [1.54, 1.807) is 0 Å². The van der Waals surface area contributed by atoms with E-state index in [2.05, 4.69) is 86.4 Å². The first kappa shape index (κ1) is 18.5. The van der Waals surface area contributed by atoms with Crippen LogP contribution in [0.25, 0.3) is 12.2 Å². The zero-order valence-electron chi connectivity index (χ0n) is 16.8. The van der Waals surface area contributed by atoms with Crippen molar-refractivity contribution in [2.75, 3.05) is 19.6 Å². The molecule has 0 radical (unpaired) electrons. The number of hydrogen-bond acceptors (Lipinski definition) is 2. The van der Waals surface area contributed by atoms with Crippen LogP contribution in [0.4, 0.5) is 0 Å². The molecule has 1 N–H and O–H groups in total. The van der Waals surface area contributed by atoms with Crippen LogP contribution in [0.3, 0.4) is 0 Å². The number of benzene rings is 2. The van der Waals surface area contributed by atoms with Gasteiger partial charge in [0.15, 0.2) is 0 Å². The van der Waals surface area contributed by atoms with E-state index in [9.17, 15) is 5.11 Å². The summed E-state index contributed by atoms with van der Waals surface area (Å²) in [6.07, 6.45) is 6.21. The average molecular weight is 362 g/mol. The van der Waals surface area contributed by atoms with Gasteiger partial charge in [-0.25, -0.2) is 0 Å². The third-order valence-corrected chi connectivity index (χ3v) is 6.71. The monoisotopic (exact) mass is 361 g/mol. The number of likely N-dealkylation sites (tertiary alicyclic amines) is 1. The van der Waals surface area contributed by atoms with Crippen molar-refractivity contribution < 1.29 is 5.11 Å². The predicted molar refractivity (Wildman–Crippen MR) is 114 cm³/mol. The van der Waals surface area contributed by atoms with E-state index in [0.29, 0.717) is 5.92 Å². The molecule has 1 heterocycles. The third kappa shape index (κ3) is 3.49. The molecule has 1 aliphatic heterocycles. The van der Waals surface area contributed by atoms with Crippen LogP contribution in [0.1, 0.15) is 61.8 Å². The highest BCUT2D eigenvalue weighted by Gasteiger charge is 2.42. The Morgan fingerprint density at radius 2 is 1.37 bits per heavy atom. The summed E-state index contributed by atoms with van der Waals surface area (Å²) in [6.45, 7) is 9.41. The summed E-state index contributed by atoms with van der Waals surface area (Å²) in [5.74, 6) is 0.369. The fourth-order valence-electron chi connectivity index (χ4n) is 4.62. The lowest BCUT2D eigenvalue weighted by Gasteiger charge is -2.46. The maximum atomic E-state index is 11.1. The van der Waals surface area contributed by atoms with Gasteiger partial charge >= 0.3 is 0 Å². The van der Waals surface area contributed by atoms with Gasteiger partial charge in [0, 0.05) is 25.6 Å². The second-order valence-corrected chi connectivity index (χ2v) is 9.23. The molecule has 142 valence electrons. The highest BCUT2D eigenvalue weighted by atomic mass is 16.3. The molecule has 1 saturated heterocycles. The van der Waals surface area contributed by atoms with Crippen molar-refractivity contribution >= 4 is 12.2 Å². The van der Waals surface area contributed by atoms with Crippen molar-refractivity contribution in [1.29, 1.82) is 0 Å². The fraction of sp³-hybridized carbons (Fsp3) is 0.440. The lowest BCUT2D eigenvalue weighted by molar-refractivity contribution is -0.0990. The Balaban J connectivity index is 1.60. The van der Waals surface area contributed by atoms with E-state index in [4.69, 9.17) is 0 Å². The molecule has 2 aliphatic rings. The number of aliphatic hydroxyl groups is 1. The third-order valence-electron chi connectivity index (χ3n) is 6.71. The van der Waals surface area contributed by atoms with Gasteiger partial charge in [-0.05, 0) is 40.5 Å². The minimum absolute atomic E-state index is 0.0650. The summed E-state index contributed by atoms with van der Waals surface area (Å²) >= 11 is 0. The molecule has 0 aromatic heterocycles. The second kappa shape index (κ2) is 6.92. The summed E-state index contributed by atoms with van der Waals surface area (Å²) in [5.41, 5.74) is 4.85. The zero-order valence-corrected chi connectivity index (χ0v) is 16.8. The fourth-order valence-corrected chi connectivity index (χ4v) is 4.62. The lowest BCUT2D eigenvalue weighted by Crippen LogP contribution is -2.52. The molecular formula is C25H31NO. The molecule has 2 aromatic carbocycles. The van der Waals surface area contributed by atoms with Crippen LogP contribution in [0.15, 0.2) is 48.5 Å². The van der Waals surface area contributed by atoms with E-state index >= 15 is 0 Å². The van der Waals surface area contributed by atoms with E-state index in [1.165, 1.54) is 22.3 Å². The molecule has 1 aliphatic carbocycles. The minimum Gasteiger partial charge on any atom is -0.389 e. The topological polar surface area (TPSA) is 23.5 Å². The molecule has 0 amide bonds. The van der Waals surface area contributed by atoms with Crippen molar-refractivity contribution in [2.45, 2.75) is 45.1 Å². The van der Waals surface area contributed by atoms with Crippen molar-refractivity contribution in [3.63, 3.8) is 0 Å². The summed E-state index contributed by atoms with van der Waals surface area (Å²) < 4.78 is 0. The van der Waals surface area contributed by atoms with Crippen LogP contribution < -0.4 is 0 Å². The van der Waals surface area contributed by atoms with Crippen LogP contribution in [-0.4, -0.2) is 35.2 Å². The normalized spacial score (nSPS) is 20.0. The van der Waals surface area contributed by atoms with Gasteiger partial charge in [0.25, 0.3) is 0 Å². The molecule has 2 aromatic rings. The largest absolute Gasteiger partial charge is 0.389 e. The maximum absolute atomic E-state index is 11.1. The first-order valence-electron chi connectivity index (χ1n) is 10.2. The first-order chi connectivity index (χ1) is 12.9. The molecule has 4 rings (SSSR count). The van der Waals surface area contributed by atoms with Gasteiger partial charge in [0.2, 0.25) is 0 Å². The van der Waals surface area contributed by atoms with Gasteiger partial charge < -0.3 is 10.0 Å². The van der Waals surface area contributed by atoms with Gasteiger partial charge in [0.1, 0.15) is 0 Å². The van der Waals surface area contributed by atoms with Crippen LogP contribution in [0.2, 0.25) is 0 Å². The number of fused-ring (bicyclic) bond motifs is 2. The smallest absolute Gasteiger partial charge is 0.0720 e. The SMILES string of the molecule is CC(C)(C)C1(O)CCN(CC2c3ccccc3C=Cc3ccccc32)CC1. The van der Waals surface area contributed by atoms with Gasteiger partial charge in [-0.15, -0.1) is 0 Å². The Hall–Kier alpha value is -1.90. The van der Waals surface area contributed by atoms with Crippen molar-refractivity contribution in [1.82, 2.24) is 4.90 Å². The van der Waals surface area contributed by atoms with E-state index in [-0.39, 0.29) is 5.41 Å². The average Bonchev–Trinajstić information content (AvgIpc) is 2.81. The molecule has 2 heteroatoms. The molecule has 27 heavy (non-hydrogen) atoms. The molecule has 0 spiro atoms. The van der Waals surface area contributed by atoms with Crippen LogP contribution >= 0.6 is 0 Å². The molecule has 0 unspecified atom stereocenters. The highest BCUT2D eigenvalue weighted by Crippen LogP contribution is 2.40. The second-order valence-electron chi connectivity index (χ2n) is 9.23. The van der Waals surface area contributed by atoms with E-state index in [1.807, 2.05) is 0 Å². The summed E-state index contributed by atoms with van der Waals surface area (Å²) in [7, 11) is 0. The maximum Gasteiger partial charge on any atom is 0.0720 e. The number of piperidine rings is 1. The van der Waals surface area contributed by atoms with Gasteiger partial charge in [0.05, 0.1) is 5.60 Å². The molecule has 0 bridgehead atoms. The Labute approximate surface area is 163 Å². The van der Waals surface area contributed by atoms with Crippen molar-refractivity contribution in [2.24, 2.45) is 5.41 Å². The van der Waals surface area contributed by atoms with Gasteiger partial charge in [-0.2, -0.15) is 0 Å². The first-order valence-corrected chi connectivity index (χ1v) is 10.2. The minimum atomic E-state index is -0.551. The van der Waals surface area contributed by atoms with Crippen LogP contribution in [0, 0.1) is 5.41 Å². The molecule has 0 saturated carbocycles. The van der Waals surface area contributed by atoms with Gasteiger partial charge in [-0.3, -0.25) is 0 Å². The quantitative estimate of drug-likeness (QED) is 0.797. The summed E-state index contributed by atoms with van der Waals surface area (Å²) in [6, 6.07) is 17.6. The zero-order chi connectivity index (χ0) is 19.1.